The summed E-state index contributed by atoms with van der Waals surface area (Å²) in [5.41, 5.74) is 0.642. The van der Waals surface area contributed by atoms with Gasteiger partial charge in [0.1, 0.15) is 0 Å². The summed E-state index contributed by atoms with van der Waals surface area (Å²) in [7, 11) is 0. The van der Waals surface area contributed by atoms with E-state index >= 15 is 0 Å². The summed E-state index contributed by atoms with van der Waals surface area (Å²) in [4.78, 5) is 36.6. The van der Waals surface area contributed by atoms with Crippen molar-refractivity contribution in [3.8, 4) is 0 Å². The Balaban J connectivity index is 1.77. The fourth-order valence-corrected chi connectivity index (χ4v) is 3.33. The van der Waals surface area contributed by atoms with Gasteiger partial charge < -0.3 is 10.0 Å². The molecule has 1 aromatic carbocycles. The highest BCUT2D eigenvalue weighted by Gasteiger charge is 2.36. The summed E-state index contributed by atoms with van der Waals surface area (Å²) in [6.07, 6.45) is 0. The molecule has 0 unspecified atom stereocenters. The molecule has 1 N–H and O–H groups in total. The van der Waals surface area contributed by atoms with Crippen molar-refractivity contribution in [2.45, 2.75) is 6.92 Å². The van der Waals surface area contributed by atoms with Crippen molar-refractivity contribution in [2.75, 3.05) is 24.6 Å². The number of rotatable bonds is 6. The Hall–Kier alpha value is -1.82. The second-order valence-electron chi connectivity index (χ2n) is 5.50. The standard InChI is InChI=1S/C16H19NO4S/c1-11-7-17(8-13(11)16(20)21)15(19)10-22-9-14(18)12-5-3-2-4-6-12/h2-6,11,13H,7-10H2,1H3,(H,20,21)/t11-,13-/m1/s1. The first-order valence-electron chi connectivity index (χ1n) is 7.15. The lowest BCUT2D eigenvalue weighted by atomic mass is 9.99. The number of carbonyl (C=O) groups excluding carboxylic acids is 2. The van der Waals surface area contributed by atoms with Crippen molar-refractivity contribution in [3.05, 3.63) is 35.9 Å². The summed E-state index contributed by atoms with van der Waals surface area (Å²) >= 11 is 1.27. The van der Waals surface area contributed by atoms with Crippen LogP contribution in [-0.2, 0) is 9.59 Å². The van der Waals surface area contributed by atoms with Gasteiger partial charge in [-0.3, -0.25) is 14.4 Å². The van der Waals surface area contributed by atoms with E-state index < -0.39 is 11.9 Å². The number of hydrogen-bond donors (Lipinski definition) is 1. The number of benzene rings is 1. The summed E-state index contributed by atoms with van der Waals surface area (Å²) in [5, 5.41) is 9.07. The average Bonchev–Trinajstić information content (AvgIpc) is 2.90. The third kappa shape index (κ3) is 4.10. The molecule has 118 valence electrons. The van der Waals surface area contributed by atoms with Crippen LogP contribution in [0.3, 0.4) is 0 Å². The van der Waals surface area contributed by atoms with Crippen molar-refractivity contribution in [2.24, 2.45) is 11.8 Å². The van der Waals surface area contributed by atoms with Crippen molar-refractivity contribution in [3.63, 3.8) is 0 Å². The first-order chi connectivity index (χ1) is 10.5. The van der Waals surface area contributed by atoms with Crippen molar-refractivity contribution in [1.82, 2.24) is 4.90 Å². The van der Waals surface area contributed by atoms with E-state index in [4.69, 9.17) is 5.11 Å². The Morgan fingerprint density at radius 1 is 1.18 bits per heavy atom. The fraction of sp³-hybridized carbons (Fsp3) is 0.438. The minimum atomic E-state index is -0.852. The van der Waals surface area contributed by atoms with Crippen LogP contribution < -0.4 is 0 Å². The minimum absolute atomic E-state index is 0.00315. The number of hydrogen-bond acceptors (Lipinski definition) is 4. The largest absolute Gasteiger partial charge is 0.481 e. The third-order valence-corrected chi connectivity index (χ3v) is 4.75. The average molecular weight is 321 g/mol. The topological polar surface area (TPSA) is 74.7 Å². The molecule has 1 saturated heterocycles. The van der Waals surface area contributed by atoms with Gasteiger partial charge in [-0.05, 0) is 5.92 Å². The number of likely N-dealkylation sites (tertiary alicyclic amines) is 1. The number of carboxylic acids is 1. The van der Waals surface area contributed by atoms with Crippen molar-refractivity contribution < 1.29 is 19.5 Å². The SMILES string of the molecule is C[C@@H]1CN(C(=O)CSCC(=O)c2ccccc2)C[C@H]1C(=O)O. The normalized spacial score (nSPS) is 20.9. The molecule has 1 amide bonds. The molecular formula is C16H19NO4S. The van der Waals surface area contributed by atoms with E-state index in [-0.39, 0.29) is 35.7 Å². The summed E-state index contributed by atoms with van der Waals surface area (Å²) < 4.78 is 0. The number of amides is 1. The zero-order chi connectivity index (χ0) is 16.1. The quantitative estimate of drug-likeness (QED) is 0.809. The molecule has 0 spiro atoms. The van der Waals surface area contributed by atoms with Gasteiger partial charge >= 0.3 is 5.97 Å². The van der Waals surface area contributed by atoms with Gasteiger partial charge in [0.2, 0.25) is 5.91 Å². The number of aliphatic carboxylic acids is 1. The molecular weight excluding hydrogens is 302 g/mol. The Labute approximate surface area is 133 Å². The lowest BCUT2D eigenvalue weighted by molar-refractivity contribution is -0.142. The first kappa shape index (κ1) is 16.5. The smallest absolute Gasteiger partial charge is 0.308 e. The number of carboxylic acid groups (broad SMARTS) is 1. The van der Waals surface area contributed by atoms with E-state index in [1.807, 2.05) is 13.0 Å². The maximum Gasteiger partial charge on any atom is 0.308 e. The van der Waals surface area contributed by atoms with Crippen LogP contribution in [0.15, 0.2) is 30.3 Å². The number of thioether (sulfide) groups is 1. The van der Waals surface area contributed by atoms with Gasteiger partial charge in [-0.1, -0.05) is 37.3 Å². The van der Waals surface area contributed by atoms with Crippen LogP contribution in [-0.4, -0.2) is 52.3 Å². The van der Waals surface area contributed by atoms with Crippen LogP contribution in [0.4, 0.5) is 0 Å². The third-order valence-electron chi connectivity index (χ3n) is 3.84. The van der Waals surface area contributed by atoms with Gasteiger partial charge in [0.15, 0.2) is 5.78 Å². The van der Waals surface area contributed by atoms with E-state index in [2.05, 4.69) is 0 Å². The summed E-state index contributed by atoms with van der Waals surface area (Å²) in [6, 6.07) is 8.97. The fourth-order valence-electron chi connectivity index (χ4n) is 2.52. The van der Waals surface area contributed by atoms with Crippen LogP contribution in [0.2, 0.25) is 0 Å². The van der Waals surface area contributed by atoms with E-state index in [9.17, 15) is 14.4 Å². The van der Waals surface area contributed by atoms with Crippen LogP contribution >= 0.6 is 11.8 Å². The van der Waals surface area contributed by atoms with E-state index in [1.165, 1.54) is 11.8 Å². The molecule has 5 nitrogen and oxygen atoms in total. The van der Waals surface area contributed by atoms with Crippen LogP contribution in [0.5, 0.6) is 0 Å². The predicted molar refractivity (Wildman–Crippen MR) is 85.0 cm³/mol. The highest BCUT2D eigenvalue weighted by molar-refractivity contribution is 8.00. The molecule has 1 aliphatic heterocycles. The maximum atomic E-state index is 12.1. The molecule has 1 heterocycles. The molecule has 1 aliphatic rings. The van der Waals surface area contributed by atoms with Gasteiger partial charge in [-0.25, -0.2) is 0 Å². The molecule has 22 heavy (non-hydrogen) atoms. The maximum absolute atomic E-state index is 12.1. The van der Waals surface area contributed by atoms with Crippen LogP contribution in [0.25, 0.3) is 0 Å². The second kappa shape index (κ2) is 7.45. The Morgan fingerprint density at radius 2 is 1.86 bits per heavy atom. The zero-order valence-electron chi connectivity index (χ0n) is 12.4. The minimum Gasteiger partial charge on any atom is -0.481 e. The van der Waals surface area contributed by atoms with Gasteiger partial charge in [-0.2, -0.15) is 0 Å². The second-order valence-corrected chi connectivity index (χ2v) is 6.49. The summed E-state index contributed by atoms with van der Waals surface area (Å²) in [5.74, 6) is -1.01. The van der Waals surface area contributed by atoms with Gasteiger partial charge in [0.05, 0.1) is 17.4 Å². The van der Waals surface area contributed by atoms with Crippen molar-refractivity contribution >= 4 is 29.4 Å². The molecule has 2 rings (SSSR count). The van der Waals surface area contributed by atoms with Crippen molar-refractivity contribution in [1.29, 1.82) is 0 Å². The number of carbonyl (C=O) groups is 3. The molecule has 0 saturated carbocycles. The Bertz CT molecular complexity index is 561. The molecule has 0 aromatic heterocycles. The highest BCUT2D eigenvalue weighted by Crippen LogP contribution is 2.23. The van der Waals surface area contributed by atoms with E-state index in [0.717, 1.165) is 0 Å². The highest BCUT2D eigenvalue weighted by atomic mass is 32.2. The van der Waals surface area contributed by atoms with E-state index in [1.54, 1.807) is 29.2 Å². The van der Waals surface area contributed by atoms with Crippen LogP contribution in [0.1, 0.15) is 17.3 Å². The van der Waals surface area contributed by atoms with Gasteiger partial charge in [-0.15, -0.1) is 11.8 Å². The summed E-state index contributed by atoms with van der Waals surface area (Å²) in [6.45, 7) is 2.59. The zero-order valence-corrected chi connectivity index (χ0v) is 13.2. The Kier molecular flexibility index (Phi) is 5.60. The molecule has 0 aliphatic carbocycles. The first-order valence-corrected chi connectivity index (χ1v) is 8.31. The van der Waals surface area contributed by atoms with Crippen LogP contribution in [0, 0.1) is 11.8 Å². The molecule has 0 radical (unpaired) electrons. The number of ketones is 1. The predicted octanol–water partition coefficient (Wildman–Crippen LogP) is 1.78. The molecule has 6 heteroatoms. The number of Topliss-reactive ketones (excluding diaryl/α,β-unsaturated/α-hetero) is 1. The molecule has 1 aromatic rings. The van der Waals surface area contributed by atoms with E-state index in [0.29, 0.717) is 12.1 Å². The molecule has 1 fully saturated rings. The number of nitrogens with zero attached hydrogens (tertiary/aromatic N) is 1. The lowest BCUT2D eigenvalue weighted by Crippen LogP contribution is -2.31. The molecule has 2 atom stereocenters. The lowest BCUT2D eigenvalue weighted by Gasteiger charge is -2.15. The van der Waals surface area contributed by atoms with Gasteiger partial charge in [0.25, 0.3) is 0 Å². The monoisotopic (exact) mass is 321 g/mol. The van der Waals surface area contributed by atoms with Gasteiger partial charge in [0, 0.05) is 18.7 Å². The Morgan fingerprint density at radius 3 is 2.45 bits per heavy atom. The molecule has 0 bridgehead atoms.